The lowest BCUT2D eigenvalue weighted by atomic mass is 10.1. The van der Waals surface area contributed by atoms with Crippen molar-refractivity contribution in [1.82, 2.24) is 15.4 Å². The Bertz CT molecular complexity index is 484. The molecule has 1 aromatic rings. The number of hydrogen-bond donors (Lipinski definition) is 2. The zero-order valence-corrected chi connectivity index (χ0v) is 10.5. The molecular formula is C11H15F2N5O. The highest BCUT2D eigenvalue weighted by Crippen LogP contribution is 2.29. The highest BCUT2D eigenvalue weighted by molar-refractivity contribution is 5.92. The molecule has 0 aliphatic carbocycles. The summed E-state index contributed by atoms with van der Waals surface area (Å²) in [5.74, 6) is 2.17. The van der Waals surface area contributed by atoms with Gasteiger partial charge < -0.3 is 4.90 Å². The second kappa shape index (κ2) is 5.04. The molecule has 6 nitrogen and oxygen atoms in total. The van der Waals surface area contributed by atoms with Gasteiger partial charge in [0.1, 0.15) is 5.69 Å². The molecule has 1 saturated heterocycles. The standard InChI is InChI=1S/C11H15F2N5O/c1-7-6-8(9(19)17-14)16-10(15-7)18-4-2-11(12,13)3-5-18/h6H,2-5,14H2,1H3,(H,17,19). The van der Waals surface area contributed by atoms with E-state index in [1.807, 2.05) is 5.43 Å². The van der Waals surface area contributed by atoms with Crippen LogP contribution in [0.5, 0.6) is 0 Å². The fourth-order valence-electron chi connectivity index (χ4n) is 1.92. The Morgan fingerprint density at radius 3 is 2.63 bits per heavy atom. The molecule has 0 unspecified atom stereocenters. The van der Waals surface area contributed by atoms with Gasteiger partial charge in [0.2, 0.25) is 5.95 Å². The lowest BCUT2D eigenvalue weighted by molar-refractivity contribution is -0.0222. The van der Waals surface area contributed by atoms with Crippen molar-refractivity contribution >= 4 is 11.9 Å². The molecule has 0 atom stereocenters. The number of nitrogen functional groups attached to an aromatic ring is 1. The van der Waals surface area contributed by atoms with Gasteiger partial charge in [-0.15, -0.1) is 0 Å². The Labute approximate surface area is 109 Å². The van der Waals surface area contributed by atoms with Crippen LogP contribution in [0.3, 0.4) is 0 Å². The van der Waals surface area contributed by atoms with Crippen molar-refractivity contribution in [3.05, 3.63) is 17.5 Å². The number of halogens is 2. The lowest BCUT2D eigenvalue weighted by Gasteiger charge is -2.31. The summed E-state index contributed by atoms with van der Waals surface area (Å²) in [6.07, 6.45) is -0.467. The van der Waals surface area contributed by atoms with Gasteiger partial charge in [-0.25, -0.2) is 24.6 Å². The van der Waals surface area contributed by atoms with E-state index in [-0.39, 0.29) is 37.6 Å². The average Bonchev–Trinajstić information content (AvgIpc) is 2.37. The fraction of sp³-hybridized carbons (Fsp3) is 0.545. The molecule has 1 aliphatic heterocycles. The van der Waals surface area contributed by atoms with Crippen LogP contribution in [0.25, 0.3) is 0 Å². The Hall–Kier alpha value is -1.83. The van der Waals surface area contributed by atoms with E-state index in [1.54, 1.807) is 11.8 Å². The molecule has 0 saturated carbocycles. The first-order valence-electron chi connectivity index (χ1n) is 5.91. The number of nitrogens with zero attached hydrogens (tertiary/aromatic N) is 3. The van der Waals surface area contributed by atoms with Gasteiger partial charge in [0.25, 0.3) is 11.8 Å². The Balaban J connectivity index is 2.21. The predicted molar refractivity (Wildman–Crippen MR) is 64.8 cm³/mol. The number of piperidine rings is 1. The Morgan fingerprint density at radius 2 is 2.05 bits per heavy atom. The van der Waals surface area contributed by atoms with E-state index in [1.165, 1.54) is 6.07 Å². The minimum atomic E-state index is -2.63. The third-order valence-corrected chi connectivity index (χ3v) is 2.98. The fourth-order valence-corrected chi connectivity index (χ4v) is 1.92. The van der Waals surface area contributed by atoms with Gasteiger partial charge in [-0.3, -0.25) is 10.2 Å². The van der Waals surface area contributed by atoms with Crippen molar-refractivity contribution in [1.29, 1.82) is 0 Å². The molecule has 3 N–H and O–H groups in total. The smallest absolute Gasteiger partial charge is 0.283 e. The van der Waals surface area contributed by atoms with Gasteiger partial charge in [-0.2, -0.15) is 0 Å². The number of hydrogen-bond acceptors (Lipinski definition) is 5. The summed E-state index contributed by atoms with van der Waals surface area (Å²) in [6.45, 7) is 2.04. The molecule has 1 aromatic heterocycles. The molecule has 104 valence electrons. The number of alkyl halides is 2. The normalized spacial score (nSPS) is 18.2. The zero-order valence-electron chi connectivity index (χ0n) is 10.5. The molecule has 2 heterocycles. The maximum atomic E-state index is 13.1. The van der Waals surface area contributed by atoms with Crippen molar-refractivity contribution in [2.75, 3.05) is 18.0 Å². The number of nitrogens with one attached hydrogen (secondary N) is 1. The second-order valence-corrected chi connectivity index (χ2v) is 4.51. The van der Waals surface area contributed by atoms with Crippen LogP contribution in [-0.4, -0.2) is 34.9 Å². The summed E-state index contributed by atoms with van der Waals surface area (Å²) in [5, 5.41) is 0. The van der Waals surface area contributed by atoms with Crippen molar-refractivity contribution < 1.29 is 13.6 Å². The molecule has 2 rings (SSSR count). The predicted octanol–water partition coefficient (Wildman–Crippen LogP) is 0.624. The van der Waals surface area contributed by atoms with E-state index < -0.39 is 11.8 Å². The van der Waals surface area contributed by atoms with Crippen LogP contribution in [-0.2, 0) is 0 Å². The highest BCUT2D eigenvalue weighted by Gasteiger charge is 2.34. The van der Waals surface area contributed by atoms with E-state index >= 15 is 0 Å². The summed E-state index contributed by atoms with van der Waals surface area (Å²) < 4.78 is 26.2. The highest BCUT2D eigenvalue weighted by atomic mass is 19.3. The molecule has 0 spiro atoms. The van der Waals surface area contributed by atoms with Crippen molar-refractivity contribution in [3.8, 4) is 0 Å². The molecule has 19 heavy (non-hydrogen) atoms. The van der Waals surface area contributed by atoms with E-state index in [2.05, 4.69) is 9.97 Å². The average molecular weight is 271 g/mol. The number of carbonyl (C=O) groups is 1. The van der Waals surface area contributed by atoms with Crippen LogP contribution in [0.15, 0.2) is 6.07 Å². The second-order valence-electron chi connectivity index (χ2n) is 4.51. The van der Waals surface area contributed by atoms with Gasteiger partial charge in [-0.05, 0) is 13.0 Å². The summed E-state index contributed by atoms with van der Waals surface area (Å²) in [7, 11) is 0. The van der Waals surface area contributed by atoms with Crippen molar-refractivity contribution in [3.63, 3.8) is 0 Å². The van der Waals surface area contributed by atoms with Crippen LogP contribution >= 0.6 is 0 Å². The molecule has 1 fully saturated rings. The number of aryl methyl sites for hydroxylation is 1. The largest absolute Gasteiger partial charge is 0.340 e. The van der Waals surface area contributed by atoms with Crippen LogP contribution < -0.4 is 16.2 Å². The van der Waals surface area contributed by atoms with E-state index in [9.17, 15) is 13.6 Å². The van der Waals surface area contributed by atoms with Crippen LogP contribution in [0.4, 0.5) is 14.7 Å². The molecule has 0 bridgehead atoms. The molecule has 0 radical (unpaired) electrons. The van der Waals surface area contributed by atoms with Gasteiger partial charge in [0, 0.05) is 31.6 Å². The lowest BCUT2D eigenvalue weighted by Crippen LogP contribution is -2.40. The quantitative estimate of drug-likeness (QED) is 0.468. The monoisotopic (exact) mass is 271 g/mol. The van der Waals surface area contributed by atoms with Crippen molar-refractivity contribution in [2.24, 2.45) is 5.84 Å². The van der Waals surface area contributed by atoms with Gasteiger partial charge in [0.05, 0.1) is 0 Å². The number of carbonyl (C=O) groups excluding carboxylic acids is 1. The molecular weight excluding hydrogens is 256 g/mol. The first-order valence-corrected chi connectivity index (χ1v) is 5.91. The number of hydrazine groups is 1. The molecule has 8 heteroatoms. The minimum absolute atomic E-state index is 0.127. The van der Waals surface area contributed by atoms with E-state index in [0.717, 1.165) is 0 Å². The van der Waals surface area contributed by atoms with Gasteiger partial charge in [-0.1, -0.05) is 0 Å². The maximum absolute atomic E-state index is 13.1. The van der Waals surface area contributed by atoms with Gasteiger partial charge >= 0.3 is 0 Å². The van der Waals surface area contributed by atoms with Crippen LogP contribution in [0, 0.1) is 6.92 Å². The summed E-state index contributed by atoms with van der Waals surface area (Å²) in [4.78, 5) is 21.3. The van der Waals surface area contributed by atoms with Crippen LogP contribution in [0.1, 0.15) is 29.0 Å². The number of aromatic nitrogens is 2. The number of amides is 1. The van der Waals surface area contributed by atoms with Crippen molar-refractivity contribution in [2.45, 2.75) is 25.7 Å². The topological polar surface area (TPSA) is 84.1 Å². The summed E-state index contributed by atoms with van der Waals surface area (Å²) in [5.41, 5.74) is 2.70. The molecule has 1 aliphatic rings. The van der Waals surface area contributed by atoms with Crippen LogP contribution in [0.2, 0.25) is 0 Å². The number of rotatable bonds is 2. The van der Waals surface area contributed by atoms with E-state index in [0.29, 0.717) is 5.69 Å². The molecule has 1 amide bonds. The third-order valence-electron chi connectivity index (χ3n) is 2.98. The van der Waals surface area contributed by atoms with Gasteiger partial charge in [0.15, 0.2) is 0 Å². The third kappa shape index (κ3) is 3.14. The van der Waals surface area contributed by atoms with E-state index in [4.69, 9.17) is 5.84 Å². The zero-order chi connectivity index (χ0) is 14.0. The Kier molecular flexibility index (Phi) is 3.61. The minimum Gasteiger partial charge on any atom is -0.340 e. The maximum Gasteiger partial charge on any atom is 0.283 e. The molecule has 0 aromatic carbocycles. The first kappa shape index (κ1) is 13.6. The number of nitrogens with two attached hydrogens (primary N) is 1. The Morgan fingerprint density at radius 1 is 1.42 bits per heavy atom. The number of anilines is 1. The summed E-state index contributed by atoms with van der Waals surface area (Å²) >= 11 is 0. The first-order chi connectivity index (χ1) is 8.91. The summed E-state index contributed by atoms with van der Waals surface area (Å²) in [6, 6.07) is 1.49. The SMILES string of the molecule is Cc1cc(C(=O)NN)nc(N2CCC(F)(F)CC2)n1.